The number of carbonyl (C=O) groups excluding carboxylic acids is 4. The number of anilines is 2. The van der Waals surface area contributed by atoms with Gasteiger partial charge in [-0.1, -0.05) is 23.7 Å². The zero-order valence-corrected chi connectivity index (χ0v) is 22.6. The molecule has 0 aromatic heterocycles. The molecule has 1 saturated heterocycles. The first kappa shape index (κ1) is 28.8. The van der Waals surface area contributed by atoms with Gasteiger partial charge in [0.2, 0.25) is 0 Å². The summed E-state index contributed by atoms with van der Waals surface area (Å²) >= 11 is 6.10. The number of barbiturate groups is 1. The van der Waals surface area contributed by atoms with Crippen LogP contribution in [0, 0.1) is 17.0 Å². The first-order valence-corrected chi connectivity index (χ1v) is 12.6. The van der Waals surface area contributed by atoms with Crippen molar-refractivity contribution in [2.24, 2.45) is 0 Å². The maximum absolute atomic E-state index is 13.1. The molecule has 0 bridgehead atoms. The van der Waals surface area contributed by atoms with E-state index >= 15 is 0 Å². The van der Waals surface area contributed by atoms with Gasteiger partial charge in [-0.15, -0.1) is 0 Å². The number of carbonyl (C=O) groups is 4. The van der Waals surface area contributed by atoms with Gasteiger partial charge in [0.25, 0.3) is 23.4 Å². The Morgan fingerprint density at radius 1 is 1.05 bits per heavy atom. The fraction of sp³-hybridized carbons (Fsp3) is 0.143. The second-order valence-corrected chi connectivity index (χ2v) is 9.08. The number of hydrogen-bond donors (Lipinski definition) is 2. The van der Waals surface area contributed by atoms with E-state index in [0.717, 1.165) is 17.7 Å². The van der Waals surface area contributed by atoms with Crippen LogP contribution in [0.15, 0.2) is 66.2 Å². The monoisotopic (exact) mass is 578 g/mol. The van der Waals surface area contributed by atoms with Crippen LogP contribution < -0.4 is 25.0 Å². The number of nitro benzene ring substituents is 1. The van der Waals surface area contributed by atoms with Gasteiger partial charge in [0.05, 0.1) is 17.2 Å². The summed E-state index contributed by atoms with van der Waals surface area (Å²) in [5, 5.41) is 16.2. The van der Waals surface area contributed by atoms with Gasteiger partial charge in [-0.2, -0.15) is 0 Å². The van der Waals surface area contributed by atoms with Gasteiger partial charge in [0.15, 0.2) is 18.1 Å². The van der Waals surface area contributed by atoms with E-state index in [1.54, 1.807) is 25.1 Å². The second kappa shape index (κ2) is 12.3. The topological polar surface area (TPSA) is 157 Å². The highest BCUT2D eigenvalue weighted by Crippen LogP contribution is 2.31. The van der Waals surface area contributed by atoms with Crippen LogP contribution in [-0.4, -0.2) is 41.9 Å². The average molecular weight is 579 g/mol. The van der Waals surface area contributed by atoms with Crippen LogP contribution in [-0.2, 0) is 14.4 Å². The molecule has 1 fully saturated rings. The van der Waals surface area contributed by atoms with E-state index in [1.165, 1.54) is 36.4 Å². The second-order valence-electron chi connectivity index (χ2n) is 8.67. The number of aryl methyl sites for hydroxylation is 1. The molecule has 1 aliphatic heterocycles. The van der Waals surface area contributed by atoms with E-state index in [9.17, 15) is 29.3 Å². The number of nitro groups is 1. The molecule has 0 aliphatic carbocycles. The smallest absolute Gasteiger partial charge is 0.335 e. The van der Waals surface area contributed by atoms with Crippen LogP contribution in [0.2, 0.25) is 5.02 Å². The number of benzene rings is 3. The molecule has 210 valence electrons. The van der Waals surface area contributed by atoms with Gasteiger partial charge < -0.3 is 14.8 Å². The molecule has 1 heterocycles. The summed E-state index contributed by atoms with van der Waals surface area (Å²) in [6.07, 6.45) is 1.27. The van der Waals surface area contributed by atoms with Gasteiger partial charge in [0.1, 0.15) is 5.57 Å². The molecule has 0 atom stereocenters. The summed E-state index contributed by atoms with van der Waals surface area (Å²) in [5.41, 5.74) is 1.22. The van der Waals surface area contributed by atoms with E-state index in [2.05, 4.69) is 10.6 Å². The lowest BCUT2D eigenvalue weighted by atomic mass is 10.1. The van der Waals surface area contributed by atoms with Crippen molar-refractivity contribution in [2.75, 3.05) is 23.4 Å². The van der Waals surface area contributed by atoms with E-state index in [4.69, 9.17) is 21.1 Å². The summed E-state index contributed by atoms with van der Waals surface area (Å²) in [7, 11) is 0. The highest BCUT2D eigenvalue weighted by Gasteiger charge is 2.37. The van der Waals surface area contributed by atoms with Gasteiger partial charge in [-0.25, -0.2) is 9.69 Å². The molecule has 2 N–H and O–H groups in total. The Balaban J connectivity index is 1.52. The Kier molecular flexibility index (Phi) is 8.63. The fourth-order valence-corrected chi connectivity index (χ4v) is 3.98. The Morgan fingerprint density at radius 3 is 2.44 bits per heavy atom. The number of imide groups is 2. The third-order valence-electron chi connectivity index (χ3n) is 5.81. The van der Waals surface area contributed by atoms with Crippen molar-refractivity contribution in [3.8, 4) is 11.5 Å². The van der Waals surface area contributed by atoms with Crippen LogP contribution >= 0.6 is 11.6 Å². The van der Waals surface area contributed by atoms with Crippen LogP contribution in [0.1, 0.15) is 18.1 Å². The molecular formula is C28H23ClN4O8. The van der Waals surface area contributed by atoms with Crippen LogP contribution in [0.4, 0.5) is 21.9 Å². The zero-order chi connectivity index (χ0) is 29.7. The average Bonchev–Trinajstić information content (AvgIpc) is 2.93. The first-order valence-electron chi connectivity index (χ1n) is 12.2. The molecule has 0 spiro atoms. The number of non-ortho nitro benzene ring substituents is 1. The highest BCUT2D eigenvalue weighted by molar-refractivity contribution is 6.39. The number of amides is 5. The largest absolute Gasteiger partial charge is 0.490 e. The normalized spacial score (nSPS) is 14.1. The maximum Gasteiger partial charge on any atom is 0.335 e. The quantitative estimate of drug-likeness (QED) is 0.161. The van der Waals surface area contributed by atoms with Crippen LogP contribution in [0.25, 0.3) is 6.08 Å². The molecule has 13 heteroatoms. The SMILES string of the molecule is CCOc1cc(/C=C2/C(=O)NC(=O)N(c3ccc([N+](=O)[O-])cc3)C2=O)ccc1OCC(=O)Nc1ccc(C)c(Cl)c1. The van der Waals surface area contributed by atoms with E-state index in [1.807, 2.05) is 6.92 Å². The maximum atomic E-state index is 13.1. The van der Waals surface area contributed by atoms with E-state index in [-0.39, 0.29) is 41.7 Å². The van der Waals surface area contributed by atoms with Crippen molar-refractivity contribution in [1.82, 2.24) is 5.32 Å². The lowest BCUT2D eigenvalue weighted by molar-refractivity contribution is -0.384. The molecular weight excluding hydrogens is 556 g/mol. The van der Waals surface area contributed by atoms with Crippen molar-refractivity contribution in [3.63, 3.8) is 0 Å². The number of nitrogens with one attached hydrogen (secondary N) is 2. The van der Waals surface area contributed by atoms with E-state index < -0.39 is 28.7 Å². The molecule has 0 saturated carbocycles. The summed E-state index contributed by atoms with van der Waals surface area (Å²) < 4.78 is 11.3. The van der Waals surface area contributed by atoms with Crippen molar-refractivity contribution in [2.45, 2.75) is 13.8 Å². The molecule has 4 rings (SSSR count). The Bertz CT molecular complexity index is 1590. The number of urea groups is 1. The predicted octanol–water partition coefficient (Wildman–Crippen LogP) is 4.64. The first-order chi connectivity index (χ1) is 19.6. The summed E-state index contributed by atoms with van der Waals surface area (Å²) in [5.74, 6) is -1.77. The molecule has 1 aliphatic rings. The lowest BCUT2D eigenvalue weighted by Gasteiger charge is -2.26. The van der Waals surface area contributed by atoms with Crippen LogP contribution in [0.5, 0.6) is 11.5 Å². The van der Waals surface area contributed by atoms with Gasteiger partial charge >= 0.3 is 6.03 Å². The number of nitrogens with zero attached hydrogens (tertiary/aromatic N) is 2. The summed E-state index contributed by atoms with van der Waals surface area (Å²) in [6, 6.07) is 13.4. The fourth-order valence-electron chi connectivity index (χ4n) is 3.80. The third kappa shape index (κ3) is 6.68. The Hall–Kier alpha value is -5.23. The number of halogens is 1. The Morgan fingerprint density at radius 2 is 1.78 bits per heavy atom. The van der Waals surface area contributed by atoms with E-state index in [0.29, 0.717) is 21.2 Å². The lowest BCUT2D eigenvalue weighted by Crippen LogP contribution is -2.54. The molecule has 3 aromatic rings. The van der Waals surface area contributed by atoms with Gasteiger partial charge in [-0.3, -0.25) is 29.8 Å². The summed E-state index contributed by atoms with van der Waals surface area (Å²) in [6.45, 7) is 3.51. The molecule has 12 nitrogen and oxygen atoms in total. The standard InChI is InChI=1S/C28H23ClN4O8/c1-3-40-24-13-17(5-11-23(24)41-15-25(34)30-18-6-4-16(2)22(29)14-18)12-21-26(35)31-28(37)32(27(21)36)19-7-9-20(10-8-19)33(38)39/h4-14H,3,15H2,1-2H3,(H,30,34)(H,31,35,37)/b21-12-. The predicted molar refractivity (Wildman–Crippen MR) is 150 cm³/mol. The third-order valence-corrected chi connectivity index (χ3v) is 6.22. The van der Waals surface area contributed by atoms with Gasteiger partial charge in [-0.05, 0) is 67.4 Å². The highest BCUT2D eigenvalue weighted by atomic mass is 35.5. The molecule has 3 aromatic carbocycles. The number of hydrogen-bond acceptors (Lipinski definition) is 8. The van der Waals surface area contributed by atoms with Crippen molar-refractivity contribution < 1.29 is 33.6 Å². The zero-order valence-electron chi connectivity index (χ0n) is 21.8. The van der Waals surface area contributed by atoms with Crippen molar-refractivity contribution in [1.29, 1.82) is 0 Å². The Labute approximate surface area is 238 Å². The van der Waals surface area contributed by atoms with Gasteiger partial charge in [0, 0.05) is 22.8 Å². The minimum atomic E-state index is -0.990. The minimum absolute atomic E-state index is 0.0430. The number of rotatable bonds is 9. The minimum Gasteiger partial charge on any atom is -0.490 e. The van der Waals surface area contributed by atoms with Crippen LogP contribution in [0.3, 0.4) is 0 Å². The molecule has 5 amide bonds. The summed E-state index contributed by atoms with van der Waals surface area (Å²) in [4.78, 5) is 61.5. The van der Waals surface area contributed by atoms with Crippen molar-refractivity contribution >= 4 is 58.5 Å². The molecule has 0 radical (unpaired) electrons. The molecule has 41 heavy (non-hydrogen) atoms. The molecule has 0 unspecified atom stereocenters. The van der Waals surface area contributed by atoms with Crippen molar-refractivity contribution in [3.05, 3.63) is 92.5 Å². The number of ether oxygens (including phenoxy) is 2.